The van der Waals surface area contributed by atoms with Crippen LogP contribution in [-0.2, 0) is 9.47 Å². The van der Waals surface area contributed by atoms with Gasteiger partial charge >= 0.3 is 6.09 Å². The average Bonchev–Trinajstić information content (AvgIpc) is 2.61. The summed E-state index contributed by atoms with van der Waals surface area (Å²) in [6, 6.07) is 5.73. The number of carbonyl (C=O) groups is 1. The number of carbonyl (C=O) groups excluding carboxylic acids is 1. The molecule has 1 unspecified atom stereocenters. The molecule has 0 spiro atoms. The first-order chi connectivity index (χ1) is 12.8. The number of rotatable bonds is 3. The summed E-state index contributed by atoms with van der Waals surface area (Å²) in [7, 11) is 1.70. The molecular formula is C20H26ClN3O3. The number of halogens is 1. The van der Waals surface area contributed by atoms with Crippen molar-refractivity contribution in [3.63, 3.8) is 0 Å². The monoisotopic (exact) mass is 391 g/mol. The Morgan fingerprint density at radius 1 is 1.30 bits per heavy atom. The number of hydrogen-bond acceptors (Lipinski definition) is 5. The molecule has 7 heteroatoms. The second-order valence-electron chi connectivity index (χ2n) is 7.90. The zero-order valence-corrected chi connectivity index (χ0v) is 17.0. The highest BCUT2D eigenvalue weighted by Gasteiger charge is 2.32. The predicted molar refractivity (Wildman–Crippen MR) is 105 cm³/mol. The minimum Gasteiger partial charge on any atom is -0.444 e. The number of methoxy groups -OCH3 is 1. The van der Waals surface area contributed by atoms with Crippen LogP contribution < -0.4 is 0 Å². The van der Waals surface area contributed by atoms with Gasteiger partial charge in [-0.2, -0.15) is 0 Å². The standard InChI is InChI=1S/C20H26ClN3O3/c1-20(2,3)27-19(25)24-9-7-13(8-10-24)18(26-4)15-6-5-14-12-22-17(21)11-16(14)23-15/h5-6,11-13,18H,7-10H2,1-4H3. The van der Waals surface area contributed by atoms with Crippen molar-refractivity contribution in [1.29, 1.82) is 0 Å². The van der Waals surface area contributed by atoms with Crippen LogP contribution in [0.3, 0.4) is 0 Å². The van der Waals surface area contributed by atoms with Gasteiger partial charge in [0.05, 0.1) is 11.2 Å². The minimum atomic E-state index is -0.478. The first kappa shape index (κ1) is 19.8. The van der Waals surface area contributed by atoms with Crippen molar-refractivity contribution >= 4 is 28.6 Å². The second kappa shape index (κ2) is 7.98. The molecule has 6 nitrogen and oxygen atoms in total. The Morgan fingerprint density at radius 3 is 2.63 bits per heavy atom. The SMILES string of the molecule is COC(c1ccc2cnc(Cl)cc2n1)C1CCN(C(=O)OC(C)(C)C)CC1. The molecular weight excluding hydrogens is 366 g/mol. The van der Waals surface area contributed by atoms with E-state index in [4.69, 9.17) is 26.1 Å². The summed E-state index contributed by atoms with van der Waals surface area (Å²) in [4.78, 5) is 22.8. The maximum absolute atomic E-state index is 12.2. The fourth-order valence-electron chi connectivity index (χ4n) is 3.43. The van der Waals surface area contributed by atoms with Crippen molar-refractivity contribution in [2.24, 2.45) is 5.92 Å². The number of amides is 1. The average molecular weight is 392 g/mol. The van der Waals surface area contributed by atoms with E-state index in [0.29, 0.717) is 18.2 Å². The molecule has 146 valence electrons. The molecule has 1 fully saturated rings. The van der Waals surface area contributed by atoms with Crippen molar-refractivity contribution < 1.29 is 14.3 Å². The molecule has 1 aliphatic rings. The number of fused-ring (bicyclic) bond motifs is 1. The maximum Gasteiger partial charge on any atom is 0.410 e. The summed E-state index contributed by atoms with van der Waals surface area (Å²) in [5, 5.41) is 1.37. The van der Waals surface area contributed by atoms with Gasteiger partial charge in [-0.05, 0) is 51.7 Å². The molecule has 0 saturated carbocycles. The Hall–Kier alpha value is -1.92. The number of likely N-dealkylation sites (tertiary alicyclic amines) is 1. The van der Waals surface area contributed by atoms with Crippen molar-refractivity contribution in [3.8, 4) is 0 Å². The van der Waals surface area contributed by atoms with Crippen LogP contribution in [-0.4, -0.2) is 46.8 Å². The molecule has 0 radical (unpaired) electrons. The van der Waals surface area contributed by atoms with Gasteiger partial charge in [0.2, 0.25) is 0 Å². The topological polar surface area (TPSA) is 64.6 Å². The third-order valence-corrected chi connectivity index (χ3v) is 4.93. The van der Waals surface area contributed by atoms with E-state index in [2.05, 4.69) is 4.98 Å². The third-order valence-electron chi connectivity index (χ3n) is 4.73. The highest BCUT2D eigenvalue weighted by molar-refractivity contribution is 6.29. The number of hydrogen-bond donors (Lipinski definition) is 0. The molecule has 3 heterocycles. The van der Waals surface area contributed by atoms with Crippen LogP contribution in [0.4, 0.5) is 4.79 Å². The highest BCUT2D eigenvalue weighted by Crippen LogP contribution is 2.33. The molecule has 1 amide bonds. The molecule has 1 saturated heterocycles. The normalized spacial score (nSPS) is 17.1. The molecule has 27 heavy (non-hydrogen) atoms. The molecule has 0 N–H and O–H groups in total. The summed E-state index contributed by atoms with van der Waals surface area (Å²) in [5.41, 5.74) is 1.21. The maximum atomic E-state index is 12.2. The highest BCUT2D eigenvalue weighted by atomic mass is 35.5. The number of nitrogens with zero attached hydrogens (tertiary/aromatic N) is 3. The van der Waals surface area contributed by atoms with Gasteiger partial charge in [0, 0.05) is 37.8 Å². The smallest absolute Gasteiger partial charge is 0.410 e. The quantitative estimate of drug-likeness (QED) is 0.714. The third kappa shape index (κ3) is 4.87. The van der Waals surface area contributed by atoms with E-state index in [1.54, 1.807) is 24.3 Å². The van der Waals surface area contributed by atoms with Crippen molar-refractivity contribution in [2.45, 2.75) is 45.3 Å². The number of ether oxygens (including phenoxy) is 2. The second-order valence-corrected chi connectivity index (χ2v) is 8.28. The summed E-state index contributed by atoms with van der Waals surface area (Å²) in [6.07, 6.45) is 3.03. The van der Waals surface area contributed by atoms with E-state index in [1.807, 2.05) is 32.9 Å². The molecule has 3 rings (SSSR count). The molecule has 1 aliphatic heterocycles. The van der Waals surface area contributed by atoms with Crippen LogP contribution in [0, 0.1) is 5.92 Å². The number of pyridine rings is 2. The van der Waals surface area contributed by atoms with E-state index in [1.165, 1.54) is 0 Å². The van der Waals surface area contributed by atoms with Gasteiger partial charge in [-0.15, -0.1) is 0 Å². The van der Waals surface area contributed by atoms with Crippen LogP contribution in [0.15, 0.2) is 24.4 Å². The Kier molecular flexibility index (Phi) is 5.86. The van der Waals surface area contributed by atoms with E-state index >= 15 is 0 Å². The van der Waals surface area contributed by atoms with E-state index in [-0.39, 0.29) is 18.1 Å². The number of aromatic nitrogens is 2. The fourth-order valence-corrected chi connectivity index (χ4v) is 3.58. The summed E-state index contributed by atoms with van der Waals surface area (Å²) in [5.74, 6) is 0.288. The first-order valence-electron chi connectivity index (χ1n) is 9.20. The van der Waals surface area contributed by atoms with Gasteiger partial charge in [0.15, 0.2) is 0 Å². The van der Waals surface area contributed by atoms with Gasteiger partial charge in [0.1, 0.15) is 16.9 Å². The molecule has 1 atom stereocenters. The van der Waals surface area contributed by atoms with Crippen LogP contribution in [0.25, 0.3) is 10.9 Å². The van der Waals surface area contributed by atoms with Crippen molar-refractivity contribution in [1.82, 2.24) is 14.9 Å². The molecule has 0 aliphatic carbocycles. The van der Waals surface area contributed by atoms with Crippen molar-refractivity contribution in [2.75, 3.05) is 20.2 Å². The Morgan fingerprint density at radius 2 is 2.00 bits per heavy atom. The van der Waals surface area contributed by atoms with E-state index < -0.39 is 5.60 Å². The lowest BCUT2D eigenvalue weighted by Gasteiger charge is -2.36. The lowest BCUT2D eigenvalue weighted by Crippen LogP contribution is -2.42. The first-order valence-corrected chi connectivity index (χ1v) is 9.57. The lowest BCUT2D eigenvalue weighted by molar-refractivity contribution is -0.00339. The van der Waals surface area contributed by atoms with Gasteiger partial charge < -0.3 is 14.4 Å². The van der Waals surface area contributed by atoms with Crippen LogP contribution in [0.1, 0.15) is 45.4 Å². The van der Waals surface area contributed by atoms with E-state index in [0.717, 1.165) is 29.4 Å². The summed E-state index contributed by atoms with van der Waals surface area (Å²) >= 11 is 5.99. The van der Waals surface area contributed by atoms with Gasteiger partial charge in [-0.25, -0.2) is 14.8 Å². The van der Waals surface area contributed by atoms with Gasteiger partial charge in [-0.3, -0.25) is 0 Å². The zero-order chi connectivity index (χ0) is 19.6. The fraction of sp³-hybridized carbons (Fsp3) is 0.550. The molecule has 2 aromatic rings. The number of piperidine rings is 1. The van der Waals surface area contributed by atoms with Crippen LogP contribution in [0.5, 0.6) is 0 Å². The van der Waals surface area contributed by atoms with Gasteiger partial charge in [0.25, 0.3) is 0 Å². The summed E-state index contributed by atoms with van der Waals surface area (Å²) < 4.78 is 11.3. The lowest BCUT2D eigenvalue weighted by atomic mass is 9.89. The van der Waals surface area contributed by atoms with E-state index in [9.17, 15) is 4.79 Å². The molecule has 0 aromatic carbocycles. The Bertz CT molecular complexity index is 814. The summed E-state index contributed by atoms with van der Waals surface area (Å²) in [6.45, 7) is 6.95. The molecule has 2 aromatic heterocycles. The van der Waals surface area contributed by atoms with Crippen LogP contribution >= 0.6 is 11.6 Å². The van der Waals surface area contributed by atoms with Crippen molar-refractivity contribution in [3.05, 3.63) is 35.2 Å². The van der Waals surface area contributed by atoms with Crippen LogP contribution in [0.2, 0.25) is 5.15 Å². The Labute approximate surface area is 164 Å². The largest absolute Gasteiger partial charge is 0.444 e. The zero-order valence-electron chi connectivity index (χ0n) is 16.2. The predicted octanol–water partition coefficient (Wildman–Crippen LogP) is 4.62. The van der Waals surface area contributed by atoms with Gasteiger partial charge in [-0.1, -0.05) is 11.6 Å². The minimum absolute atomic E-state index is 0.123. The molecule has 0 bridgehead atoms. The Balaban J connectivity index is 1.69.